The number of rotatable bonds is 13. The summed E-state index contributed by atoms with van der Waals surface area (Å²) < 4.78 is 5.26. The molecule has 0 spiro atoms. The van der Waals surface area contributed by atoms with E-state index in [1.165, 1.54) is 25.7 Å². The lowest BCUT2D eigenvalue weighted by molar-refractivity contribution is -0.144. The highest BCUT2D eigenvalue weighted by molar-refractivity contribution is 5.69. The van der Waals surface area contributed by atoms with Gasteiger partial charge in [0.1, 0.15) is 0 Å². The lowest BCUT2D eigenvalue weighted by Gasteiger charge is -2.23. The molecule has 1 N–H and O–H groups in total. The summed E-state index contributed by atoms with van der Waals surface area (Å²) in [5, 5.41) is 3.20. The zero-order valence-corrected chi connectivity index (χ0v) is 14.5. The van der Waals surface area contributed by atoms with Gasteiger partial charge in [0.25, 0.3) is 0 Å². The zero-order chi connectivity index (χ0) is 16.0. The predicted octanol–water partition coefficient (Wildman–Crippen LogP) is 4.61. The maximum absolute atomic E-state index is 11.6. The lowest BCUT2D eigenvalue weighted by Crippen LogP contribution is -2.37. The van der Waals surface area contributed by atoms with Crippen LogP contribution >= 0.6 is 0 Å². The number of carbonyl (C=O) groups is 1. The molecule has 0 saturated heterocycles. The average molecular weight is 297 g/mol. The Morgan fingerprint density at radius 3 is 2.43 bits per heavy atom. The van der Waals surface area contributed by atoms with Crippen LogP contribution in [-0.4, -0.2) is 25.2 Å². The highest BCUT2D eigenvalue weighted by atomic mass is 16.5. The van der Waals surface area contributed by atoms with Crippen molar-refractivity contribution < 1.29 is 9.53 Å². The normalized spacial score (nSPS) is 12.0. The van der Waals surface area contributed by atoms with Gasteiger partial charge in [0, 0.05) is 12.0 Å². The van der Waals surface area contributed by atoms with Crippen LogP contribution in [0.3, 0.4) is 0 Å². The van der Waals surface area contributed by atoms with Crippen molar-refractivity contribution in [3.63, 3.8) is 0 Å². The average Bonchev–Trinajstić information content (AvgIpc) is 2.45. The van der Waals surface area contributed by atoms with Gasteiger partial charge >= 0.3 is 5.97 Å². The molecule has 0 aromatic heterocycles. The number of nitrogens with one attached hydrogen (secondary N) is 1. The summed E-state index contributed by atoms with van der Waals surface area (Å²) in [5.41, 5.74) is 0.0342. The summed E-state index contributed by atoms with van der Waals surface area (Å²) in [5.74, 6) is -0.0483. The molecule has 0 amide bonds. The van der Waals surface area contributed by atoms with E-state index in [1.807, 2.05) is 7.05 Å². The summed E-state index contributed by atoms with van der Waals surface area (Å²) in [4.78, 5) is 11.6. The molecule has 0 heterocycles. The Bertz CT molecular complexity index is 285. The van der Waals surface area contributed by atoms with Crippen molar-refractivity contribution in [1.82, 2.24) is 5.32 Å². The first kappa shape index (κ1) is 20.2. The van der Waals surface area contributed by atoms with Crippen LogP contribution in [-0.2, 0) is 9.53 Å². The van der Waals surface area contributed by atoms with Gasteiger partial charge in [0.05, 0.1) is 6.61 Å². The van der Waals surface area contributed by atoms with E-state index in [-0.39, 0.29) is 11.5 Å². The van der Waals surface area contributed by atoms with Crippen molar-refractivity contribution in [1.29, 1.82) is 0 Å². The minimum Gasteiger partial charge on any atom is -0.466 e. The third-order valence-corrected chi connectivity index (χ3v) is 3.82. The Hall–Kier alpha value is -0.830. The number of carbonyl (C=O) groups excluding carboxylic acids is 1. The molecule has 0 aliphatic heterocycles. The van der Waals surface area contributed by atoms with E-state index >= 15 is 0 Å². The van der Waals surface area contributed by atoms with E-state index < -0.39 is 0 Å². The summed E-state index contributed by atoms with van der Waals surface area (Å²) in [6.45, 7) is 6.89. The minimum atomic E-state index is -0.0483. The zero-order valence-electron chi connectivity index (χ0n) is 14.5. The SMILES string of the molecule is CC/C=C/CCCCCCCC(=O)OCCC(C)(C)NC. The van der Waals surface area contributed by atoms with Gasteiger partial charge in [-0.05, 0) is 53.0 Å². The van der Waals surface area contributed by atoms with E-state index in [0.717, 1.165) is 25.7 Å². The second-order valence-electron chi connectivity index (χ2n) is 6.29. The first-order chi connectivity index (χ1) is 10.0. The van der Waals surface area contributed by atoms with Gasteiger partial charge in [-0.1, -0.05) is 38.3 Å². The highest BCUT2D eigenvalue weighted by Gasteiger charge is 2.15. The molecule has 0 fully saturated rings. The van der Waals surface area contributed by atoms with Crippen molar-refractivity contribution in [3.8, 4) is 0 Å². The molecule has 0 rings (SSSR count). The largest absolute Gasteiger partial charge is 0.466 e. The van der Waals surface area contributed by atoms with Crippen molar-refractivity contribution in [2.24, 2.45) is 0 Å². The molecule has 0 aliphatic carbocycles. The smallest absolute Gasteiger partial charge is 0.305 e. The second-order valence-corrected chi connectivity index (χ2v) is 6.29. The molecular formula is C18H35NO2. The van der Waals surface area contributed by atoms with E-state index in [1.54, 1.807) is 0 Å². The lowest BCUT2D eigenvalue weighted by atomic mass is 10.0. The van der Waals surface area contributed by atoms with Gasteiger partial charge in [-0.2, -0.15) is 0 Å². The fourth-order valence-electron chi connectivity index (χ4n) is 1.96. The van der Waals surface area contributed by atoms with Crippen LogP contribution in [0, 0.1) is 0 Å². The third-order valence-electron chi connectivity index (χ3n) is 3.82. The van der Waals surface area contributed by atoms with Crippen LogP contribution in [0.4, 0.5) is 0 Å². The standard InChI is InChI=1S/C18H35NO2/c1-5-6-7-8-9-10-11-12-13-14-17(20)21-16-15-18(2,3)19-4/h6-7,19H,5,8-16H2,1-4H3/b7-6+. The predicted molar refractivity (Wildman–Crippen MR) is 90.5 cm³/mol. The monoisotopic (exact) mass is 297 g/mol. The first-order valence-corrected chi connectivity index (χ1v) is 8.51. The molecule has 0 saturated carbocycles. The van der Waals surface area contributed by atoms with Crippen LogP contribution in [0.15, 0.2) is 12.2 Å². The molecule has 124 valence electrons. The molecule has 3 nitrogen and oxygen atoms in total. The van der Waals surface area contributed by atoms with Gasteiger partial charge in [-0.25, -0.2) is 0 Å². The van der Waals surface area contributed by atoms with Crippen molar-refractivity contribution in [2.75, 3.05) is 13.7 Å². The highest BCUT2D eigenvalue weighted by Crippen LogP contribution is 2.10. The summed E-state index contributed by atoms with van der Waals surface area (Å²) in [6, 6.07) is 0. The van der Waals surface area contributed by atoms with Gasteiger partial charge in [-0.3, -0.25) is 4.79 Å². The Balaban J connectivity index is 3.36. The Morgan fingerprint density at radius 2 is 1.76 bits per heavy atom. The molecule has 0 aromatic rings. The second kappa shape index (κ2) is 12.9. The first-order valence-electron chi connectivity index (χ1n) is 8.51. The van der Waals surface area contributed by atoms with E-state index in [4.69, 9.17) is 4.74 Å². The molecule has 0 unspecified atom stereocenters. The van der Waals surface area contributed by atoms with E-state index in [9.17, 15) is 4.79 Å². The van der Waals surface area contributed by atoms with E-state index in [2.05, 4.69) is 38.2 Å². The van der Waals surface area contributed by atoms with Gasteiger partial charge in [-0.15, -0.1) is 0 Å². The van der Waals surface area contributed by atoms with Crippen molar-refractivity contribution in [2.45, 2.75) is 84.1 Å². The van der Waals surface area contributed by atoms with Gasteiger partial charge in [0.2, 0.25) is 0 Å². The minimum absolute atomic E-state index is 0.0342. The number of hydrogen-bond donors (Lipinski definition) is 1. The van der Waals surface area contributed by atoms with Crippen LogP contribution in [0.1, 0.15) is 78.6 Å². The maximum atomic E-state index is 11.6. The Morgan fingerprint density at radius 1 is 1.10 bits per heavy atom. The summed E-state index contributed by atoms with van der Waals surface area (Å²) in [7, 11) is 1.93. The third kappa shape index (κ3) is 13.9. The van der Waals surface area contributed by atoms with Crippen molar-refractivity contribution >= 4 is 5.97 Å². The molecule has 0 bridgehead atoms. The quantitative estimate of drug-likeness (QED) is 0.306. The summed E-state index contributed by atoms with van der Waals surface area (Å²) in [6.07, 6.45) is 14.1. The van der Waals surface area contributed by atoms with Crippen LogP contribution < -0.4 is 5.32 Å². The number of hydrogen-bond acceptors (Lipinski definition) is 3. The molecular weight excluding hydrogens is 262 g/mol. The van der Waals surface area contributed by atoms with E-state index in [0.29, 0.717) is 13.0 Å². The molecule has 0 radical (unpaired) electrons. The Labute approximate surface area is 131 Å². The fourth-order valence-corrected chi connectivity index (χ4v) is 1.96. The fraction of sp³-hybridized carbons (Fsp3) is 0.833. The Kier molecular flexibility index (Phi) is 12.4. The maximum Gasteiger partial charge on any atom is 0.305 e. The molecule has 0 aliphatic rings. The molecule has 0 aromatic carbocycles. The molecule has 21 heavy (non-hydrogen) atoms. The number of allylic oxidation sites excluding steroid dienone is 2. The molecule has 3 heteroatoms. The number of esters is 1. The number of unbranched alkanes of at least 4 members (excludes halogenated alkanes) is 5. The van der Waals surface area contributed by atoms with Crippen LogP contribution in [0.25, 0.3) is 0 Å². The molecule has 0 atom stereocenters. The summed E-state index contributed by atoms with van der Waals surface area (Å²) >= 11 is 0. The van der Waals surface area contributed by atoms with Crippen LogP contribution in [0.5, 0.6) is 0 Å². The topological polar surface area (TPSA) is 38.3 Å². The number of ether oxygens (including phenoxy) is 1. The van der Waals surface area contributed by atoms with Gasteiger partial charge in [0.15, 0.2) is 0 Å². The van der Waals surface area contributed by atoms with Crippen molar-refractivity contribution in [3.05, 3.63) is 12.2 Å². The van der Waals surface area contributed by atoms with Gasteiger partial charge < -0.3 is 10.1 Å². The van der Waals surface area contributed by atoms with Crippen LogP contribution in [0.2, 0.25) is 0 Å².